The maximum absolute atomic E-state index is 12.2. The highest BCUT2D eigenvalue weighted by Gasteiger charge is 2.30. The Morgan fingerprint density at radius 1 is 1.12 bits per heavy atom. The predicted octanol–water partition coefficient (Wildman–Crippen LogP) is 3.07. The standard InChI is InChI=1S/C23H16O2/c1-13(2)23(24)25-19-12-16-7-3-6-15-11-17-10-9-14-5-4-8-18(14)21(17)22(19)20(15)16/h3-10,12H,1,11H2,2H3. The van der Waals surface area contributed by atoms with Gasteiger partial charge in [-0.05, 0) is 57.7 Å². The van der Waals surface area contributed by atoms with Crippen molar-refractivity contribution in [1.82, 2.24) is 0 Å². The van der Waals surface area contributed by atoms with Crippen LogP contribution in [0.25, 0.3) is 23.8 Å². The van der Waals surface area contributed by atoms with Crippen LogP contribution < -0.4 is 10.4 Å². The Bertz CT molecular complexity index is 1170. The number of carbonyl (C=O) groups excluding carboxylic acids is 1. The van der Waals surface area contributed by atoms with E-state index < -0.39 is 0 Å². The molecule has 3 aliphatic rings. The first-order valence-electron chi connectivity index (χ1n) is 8.40. The molecule has 0 amide bonds. The number of hydrogen-bond acceptors (Lipinski definition) is 2. The Morgan fingerprint density at radius 2 is 2.00 bits per heavy atom. The monoisotopic (exact) mass is 324 g/mol. The van der Waals surface area contributed by atoms with Gasteiger partial charge in [0.25, 0.3) is 0 Å². The molecule has 2 aromatic rings. The van der Waals surface area contributed by atoms with E-state index in [1.165, 1.54) is 32.7 Å². The summed E-state index contributed by atoms with van der Waals surface area (Å²) in [6.45, 7) is 5.38. The van der Waals surface area contributed by atoms with Gasteiger partial charge in [-0.25, -0.2) is 4.79 Å². The fourth-order valence-electron chi connectivity index (χ4n) is 3.95. The van der Waals surface area contributed by atoms with Gasteiger partial charge in [0.15, 0.2) is 0 Å². The van der Waals surface area contributed by atoms with Crippen LogP contribution in [0.4, 0.5) is 0 Å². The van der Waals surface area contributed by atoms with Crippen molar-refractivity contribution in [3.63, 3.8) is 0 Å². The molecule has 0 aliphatic heterocycles. The van der Waals surface area contributed by atoms with Crippen LogP contribution >= 0.6 is 0 Å². The van der Waals surface area contributed by atoms with Gasteiger partial charge in [0.05, 0.1) is 0 Å². The molecule has 0 N–H and O–H groups in total. The van der Waals surface area contributed by atoms with E-state index in [0.717, 1.165) is 17.6 Å². The quantitative estimate of drug-likeness (QED) is 0.627. The molecular weight excluding hydrogens is 308 g/mol. The van der Waals surface area contributed by atoms with Gasteiger partial charge in [-0.1, -0.05) is 55.1 Å². The minimum atomic E-state index is -0.380. The average molecular weight is 324 g/mol. The third-order valence-corrected chi connectivity index (χ3v) is 5.05. The fourth-order valence-corrected chi connectivity index (χ4v) is 3.95. The summed E-state index contributed by atoms with van der Waals surface area (Å²) >= 11 is 0. The van der Waals surface area contributed by atoms with Crippen molar-refractivity contribution in [2.24, 2.45) is 0 Å². The van der Waals surface area contributed by atoms with Crippen LogP contribution in [0.15, 0.2) is 54.3 Å². The average Bonchev–Trinajstić information content (AvgIpc) is 3.21. The number of benzene rings is 2. The van der Waals surface area contributed by atoms with E-state index in [9.17, 15) is 4.79 Å². The van der Waals surface area contributed by atoms with Gasteiger partial charge in [-0.15, -0.1) is 0 Å². The lowest BCUT2D eigenvalue weighted by atomic mass is 9.85. The van der Waals surface area contributed by atoms with Crippen LogP contribution in [0.2, 0.25) is 0 Å². The second kappa shape index (κ2) is 4.93. The molecule has 0 aromatic heterocycles. The van der Waals surface area contributed by atoms with Crippen molar-refractivity contribution in [3.05, 3.63) is 92.6 Å². The molecule has 0 spiro atoms. The Balaban J connectivity index is 1.87. The molecule has 0 saturated carbocycles. The number of hydrogen-bond donors (Lipinski definition) is 0. The highest BCUT2D eigenvalue weighted by atomic mass is 16.5. The number of esters is 1. The van der Waals surface area contributed by atoms with Crippen LogP contribution in [-0.4, -0.2) is 5.97 Å². The van der Waals surface area contributed by atoms with Crippen LogP contribution in [0.3, 0.4) is 0 Å². The second-order valence-corrected chi connectivity index (χ2v) is 6.74. The second-order valence-electron chi connectivity index (χ2n) is 6.74. The molecule has 0 bridgehead atoms. The summed E-state index contributed by atoms with van der Waals surface area (Å²) in [5, 5.41) is 2.41. The van der Waals surface area contributed by atoms with E-state index in [4.69, 9.17) is 4.74 Å². The molecule has 3 aliphatic carbocycles. The molecule has 2 aromatic carbocycles. The summed E-state index contributed by atoms with van der Waals surface area (Å²) in [5.74, 6) is 0.250. The van der Waals surface area contributed by atoms with Gasteiger partial charge in [0.2, 0.25) is 0 Å². The summed E-state index contributed by atoms with van der Waals surface area (Å²) in [6, 6.07) is 10.7. The Kier molecular flexibility index (Phi) is 2.81. The number of carbonyl (C=O) groups is 1. The number of rotatable bonds is 2. The SMILES string of the molecule is C=C(C)C(=O)OC1=Cc2cccc3c2C1=c1c(ccc2c1=CC=C2)C3. The molecule has 0 saturated heterocycles. The zero-order valence-corrected chi connectivity index (χ0v) is 13.9. The molecule has 2 heteroatoms. The Labute approximate surface area is 145 Å². The van der Waals surface area contributed by atoms with Crippen molar-refractivity contribution in [1.29, 1.82) is 0 Å². The number of allylic oxidation sites excluding steroid dienone is 2. The van der Waals surface area contributed by atoms with Crippen molar-refractivity contribution in [3.8, 4) is 0 Å². The lowest BCUT2D eigenvalue weighted by Gasteiger charge is -2.20. The van der Waals surface area contributed by atoms with Gasteiger partial charge in [-0.2, -0.15) is 0 Å². The molecule has 25 heavy (non-hydrogen) atoms. The molecule has 120 valence electrons. The van der Waals surface area contributed by atoms with Crippen molar-refractivity contribution >= 4 is 29.8 Å². The van der Waals surface area contributed by atoms with E-state index in [1.807, 2.05) is 6.08 Å². The Hall–Kier alpha value is -3.13. The molecule has 2 nitrogen and oxygen atoms in total. The largest absolute Gasteiger partial charge is 0.422 e. The first-order valence-corrected chi connectivity index (χ1v) is 8.40. The summed E-state index contributed by atoms with van der Waals surface area (Å²) in [7, 11) is 0. The molecule has 0 radical (unpaired) electrons. The summed E-state index contributed by atoms with van der Waals surface area (Å²) in [5.41, 5.74) is 7.53. The number of fused-ring (bicyclic) bond motifs is 3. The highest BCUT2D eigenvalue weighted by Crippen LogP contribution is 2.39. The Morgan fingerprint density at radius 3 is 2.84 bits per heavy atom. The van der Waals surface area contributed by atoms with Gasteiger partial charge >= 0.3 is 5.97 Å². The lowest BCUT2D eigenvalue weighted by molar-refractivity contribution is -0.134. The van der Waals surface area contributed by atoms with Crippen LogP contribution in [0.5, 0.6) is 0 Å². The van der Waals surface area contributed by atoms with E-state index in [2.05, 4.69) is 55.1 Å². The molecule has 5 rings (SSSR count). The van der Waals surface area contributed by atoms with Crippen molar-refractivity contribution in [2.45, 2.75) is 13.3 Å². The van der Waals surface area contributed by atoms with Gasteiger partial charge in [-0.3, -0.25) is 0 Å². The summed E-state index contributed by atoms with van der Waals surface area (Å²) in [6.07, 6.45) is 9.22. The van der Waals surface area contributed by atoms with E-state index in [1.54, 1.807) is 6.92 Å². The molecule has 0 unspecified atom stereocenters. The minimum Gasteiger partial charge on any atom is -0.422 e. The molecule has 0 heterocycles. The number of ether oxygens (including phenoxy) is 1. The van der Waals surface area contributed by atoms with Crippen LogP contribution in [-0.2, 0) is 16.0 Å². The van der Waals surface area contributed by atoms with Crippen molar-refractivity contribution in [2.75, 3.05) is 0 Å². The predicted molar refractivity (Wildman–Crippen MR) is 99.8 cm³/mol. The third kappa shape index (κ3) is 1.94. The maximum atomic E-state index is 12.2. The lowest BCUT2D eigenvalue weighted by Crippen LogP contribution is -2.35. The molecular formula is C23H16O2. The highest BCUT2D eigenvalue weighted by molar-refractivity contribution is 5.99. The van der Waals surface area contributed by atoms with Gasteiger partial charge in [0.1, 0.15) is 5.76 Å². The fraction of sp³-hybridized carbons (Fsp3) is 0.0870. The van der Waals surface area contributed by atoms with Crippen LogP contribution in [0.1, 0.15) is 34.7 Å². The maximum Gasteiger partial charge on any atom is 0.338 e. The van der Waals surface area contributed by atoms with Crippen molar-refractivity contribution < 1.29 is 9.53 Å². The zero-order chi connectivity index (χ0) is 17.1. The van der Waals surface area contributed by atoms with Crippen LogP contribution in [0, 0.1) is 0 Å². The summed E-state index contributed by atoms with van der Waals surface area (Å²) in [4.78, 5) is 12.2. The molecule has 0 fully saturated rings. The smallest absolute Gasteiger partial charge is 0.338 e. The minimum absolute atomic E-state index is 0.380. The summed E-state index contributed by atoms with van der Waals surface area (Å²) < 4.78 is 5.72. The third-order valence-electron chi connectivity index (χ3n) is 5.05. The van der Waals surface area contributed by atoms with E-state index >= 15 is 0 Å². The zero-order valence-electron chi connectivity index (χ0n) is 13.9. The normalized spacial score (nSPS) is 15.1. The molecule has 0 atom stereocenters. The first-order chi connectivity index (χ1) is 12.1. The van der Waals surface area contributed by atoms with Gasteiger partial charge in [0, 0.05) is 11.1 Å². The topological polar surface area (TPSA) is 26.3 Å². The van der Waals surface area contributed by atoms with E-state index in [0.29, 0.717) is 11.3 Å². The van der Waals surface area contributed by atoms with E-state index in [-0.39, 0.29) is 5.97 Å². The first kappa shape index (κ1) is 14.2. The van der Waals surface area contributed by atoms with Gasteiger partial charge < -0.3 is 4.74 Å².